The molecule has 2 aromatic rings. The molecule has 2 aromatic carbocycles. The zero-order valence-corrected chi connectivity index (χ0v) is 12.7. The topological polar surface area (TPSA) is 55.1 Å². The fourth-order valence-corrected chi connectivity index (χ4v) is 2.12. The van der Waals surface area contributed by atoms with Gasteiger partial charge in [-0.1, -0.05) is 23.2 Å². The van der Waals surface area contributed by atoms with Crippen molar-refractivity contribution in [2.24, 2.45) is 0 Å². The van der Waals surface area contributed by atoms with Crippen molar-refractivity contribution in [2.75, 3.05) is 11.1 Å². The number of benzene rings is 2. The maximum atomic E-state index is 12.0. The van der Waals surface area contributed by atoms with Gasteiger partial charge in [0, 0.05) is 21.4 Å². The Kier molecular flexibility index (Phi) is 4.34. The first-order valence-electron chi connectivity index (χ1n) is 5.29. The summed E-state index contributed by atoms with van der Waals surface area (Å²) in [6.07, 6.45) is 0. The van der Waals surface area contributed by atoms with Crippen molar-refractivity contribution in [3.63, 3.8) is 0 Å². The van der Waals surface area contributed by atoms with Crippen molar-refractivity contribution in [1.29, 1.82) is 0 Å². The molecule has 0 heterocycles. The summed E-state index contributed by atoms with van der Waals surface area (Å²) in [6.45, 7) is 0. The third kappa shape index (κ3) is 3.41. The van der Waals surface area contributed by atoms with E-state index in [9.17, 15) is 4.79 Å². The SMILES string of the molecule is Nc1ccc(NC(=O)c2ccc(Cl)c(Cl)c2)cc1Br. The fraction of sp³-hybridized carbons (Fsp3) is 0. The molecular formula is C13H9BrCl2N2O. The second kappa shape index (κ2) is 5.82. The van der Waals surface area contributed by atoms with Crippen molar-refractivity contribution in [1.82, 2.24) is 0 Å². The van der Waals surface area contributed by atoms with E-state index in [1.165, 1.54) is 6.07 Å². The van der Waals surface area contributed by atoms with Crippen LogP contribution in [0.2, 0.25) is 10.0 Å². The number of nitrogen functional groups attached to an aromatic ring is 1. The van der Waals surface area contributed by atoms with Crippen LogP contribution in [0.15, 0.2) is 40.9 Å². The van der Waals surface area contributed by atoms with Gasteiger partial charge in [0.2, 0.25) is 0 Å². The highest BCUT2D eigenvalue weighted by molar-refractivity contribution is 9.10. The van der Waals surface area contributed by atoms with Crippen molar-refractivity contribution >= 4 is 56.4 Å². The number of nitrogens with two attached hydrogens (primary N) is 1. The highest BCUT2D eigenvalue weighted by Crippen LogP contribution is 2.25. The zero-order valence-electron chi connectivity index (χ0n) is 9.58. The molecule has 0 saturated heterocycles. The molecule has 0 fully saturated rings. The molecule has 19 heavy (non-hydrogen) atoms. The molecule has 2 rings (SSSR count). The summed E-state index contributed by atoms with van der Waals surface area (Å²) in [6, 6.07) is 9.86. The van der Waals surface area contributed by atoms with Crippen LogP contribution >= 0.6 is 39.1 Å². The van der Waals surface area contributed by atoms with Crippen molar-refractivity contribution in [3.05, 3.63) is 56.5 Å². The normalized spacial score (nSPS) is 10.3. The molecule has 0 atom stereocenters. The van der Waals surface area contributed by atoms with Gasteiger partial charge in [0.05, 0.1) is 10.0 Å². The first-order valence-corrected chi connectivity index (χ1v) is 6.83. The van der Waals surface area contributed by atoms with Crippen LogP contribution in [0.3, 0.4) is 0 Å². The Morgan fingerprint density at radius 2 is 1.84 bits per heavy atom. The zero-order chi connectivity index (χ0) is 14.0. The average molecular weight is 360 g/mol. The lowest BCUT2D eigenvalue weighted by atomic mass is 10.2. The Bertz CT molecular complexity index is 647. The van der Waals surface area contributed by atoms with E-state index >= 15 is 0 Å². The molecule has 6 heteroatoms. The quantitative estimate of drug-likeness (QED) is 0.770. The fourth-order valence-electron chi connectivity index (χ4n) is 1.45. The summed E-state index contributed by atoms with van der Waals surface area (Å²) in [5.41, 5.74) is 7.35. The predicted octanol–water partition coefficient (Wildman–Crippen LogP) is 4.59. The summed E-state index contributed by atoms with van der Waals surface area (Å²) in [7, 11) is 0. The van der Waals surface area contributed by atoms with Crippen LogP contribution < -0.4 is 11.1 Å². The molecule has 3 N–H and O–H groups in total. The Hall–Kier alpha value is -1.23. The highest BCUT2D eigenvalue weighted by Gasteiger charge is 2.09. The second-order valence-electron chi connectivity index (χ2n) is 3.82. The van der Waals surface area contributed by atoms with Crippen LogP contribution in [0.25, 0.3) is 0 Å². The maximum Gasteiger partial charge on any atom is 0.255 e. The summed E-state index contributed by atoms with van der Waals surface area (Å²) in [5, 5.41) is 3.50. The highest BCUT2D eigenvalue weighted by atomic mass is 79.9. The summed E-state index contributed by atoms with van der Waals surface area (Å²) < 4.78 is 0.722. The number of halogens is 3. The van der Waals surface area contributed by atoms with Gasteiger partial charge in [-0.3, -0.25) is 4.79 Å². The number of carbonyl (C=O) groups excluding carboxylic acids is 1. The van der Waals surface area contributed by atoms with Crippen LogP contribution in [0, 0.1) is 0 Å². The molecule has 0 saturated carbocycles. The van der Waals surface area contributed by atoms with Gasteiger partial charge in [-0.15, -0.1) is 0 Å². The number of nitrogens with one attached hydrogen (secondary N) is 1. The lowest BCUT2D eigenvalue weighted by molar-refractivity contribution is 0.102. The lowest BCUT2D eigenvalue weighted by Crippen LogP contribution is -2.11. The van der Waals surface area contributed by atoms with Crippen molar-refractivity contribution in [3.8, 4) is 0 Å². The van der Waals surface area contributed by atoms with E-state index < -0.39 is 0 Å². The number of amides is 1. The molecular weight excluding hydrogens is 351 g/mol. The smallest absolute Gasteiger partial charge is 0.255 e. The predicted molar refractivity (Wildman–Crippen MR) is 83.0 cm³/mol. The number of rotatable bonds is 2. The van der Waals surface area contributed by atoms with Crippen LogP contribution in [0.4, 0.5) is 11.4 Å². The van der Waals surface area contributed by atoms with E-state index in [1.54, 1.807) is 30.3 Å². The van der Waals surface area contributed by atoms with Gasteiger partial charge < -0.3 is 11.1 Å². The number of anilines is 2. The molecule has 0 aliphatic heterocycles. The minimum atomic E-state index is -0.268. The van der Waals surface area contributed by atoms with Crippen LogP contribution in [0.1, 0.15) is 10.4 Å². The molecule has 0 radical (unpaired) electrons. The standard InChI is InChI=1S/C13H9BrCl2N2O/c14-9-6-8(2-4-12(9)17)18-13(19)7-1-3-10(15)11(16)5-7/h1-6H,17H2,(H,18,19). The largest absolute Gasteiger partial charge is 0.398 e. The molecule has 3 nitrogen and oxygen atoms in total. The van der Waals surface area contributed by atoms with Crippen molar-refractivity contribution < 1.29 is 4.79 Å². The van der Waals surface area contributed by atoms with E-state index in [-0.39, 0.29) is 5.91 Å². The Morgan fingerprint density at radius 3 is 2.47 bits per heavy atom. The number of carbonyl (C=O) groups is 1. The van der Waals surface area contributed by atoms with E-state index in [0.29, 0.717) is 27.0 Å². The third-order valence-electron chi connectivity index (χ3n) is 2.44. The van der Waals surface area contributed by atoms with Gasteiger partial charge in [0.1, 0.15) is 0 Å². The first-order chi connectivity index (χ1) is 8.97. The molecule has 0 aromatic heterocycles. The van der Waals surface area contributed by atoms with E-state index in [1.807, 2.05) is 0 Å². The van der Waals surface area contributed by atoms with Gasteiger partial charge in [-0.25, -0.2) is 0 Å². The summed E-state index contributed by atoms with van der Waals surface area (Å²) >= 11 is 15.0. The first kappa shape index (κ1) is 14.2. The summed E-state index contributed by atoms with van der Waals surface area (Å²) in [4.78, 5) is 12.0. The third-order valence-corrected chi connectivity index (χ3v) is 3.87. The Morgan fingerprint density at radius 1 is 1.11 bits per heavy atom. The van der Waals surface area contributed by atoms with Gasteiger partial charge in [0.15, 0.2) is 0 Å². The van der Waals surface area contributed by atoms with Crippen LogP contribution in [-0.2, 0) is 0 Å². The van der Waals surface area contributed by atoms with Gasteiger partial charge in [-0.2, -0.15) is 0 Å². The van der Waals surface area contributed by atoms with Crippen molar-refractivity contribution in [2.45, 2.75) is 0 Å². The average Bonchev–Trinajstić information content (AvgIpc) is 2.37. The minimum Gasteiger partial charge on any atom is -0.398 e. The Balaban J connectivity index is 2.20. The summed E-state index contributed by atoms with van der Waals surface area (Å²) in [5.74, 6) is -0.268. The van der Waals surface area contributed by atoms with Crippen LogP contribution in [0.5, 0.6) is 0 Å². The molecule has 1 amide bonds. The number of hydrogen-bond acceptors (Lipinski definition) is 2. The maximum absolute atomic E-state index is 12.0. The Labute approximate surface area is 128 Å². The van der Waals surface area contributed by atoms with Gasteiger partial charge >= 0.3 is 0 Å². The van der Waals surface area contributed by atoms with Gasteiger partial charge in [0.25, 0.3) is 5.91 Å². The van der Waals surface area contributed by atoms with E-state index in [4.69, 9.17) is 28.9 Å². The number of hydrogen-bond donors (Lipinski definition) is 2. The molecule has 0 spiro atoms. The second-order valence-corrected chi connectivity index (χ2v) is 5.49. The van der Waals surface area contributed by atoms with E-state index in [2.05, 4.69) is 21.2 Å². The van der Waals surface area contributed by atoms with E-state index in [0.717, 1.165) is 4.47 Å². The molecule has 98 valence electrons. The minimum absolute atomic E-state index is 0.268. The lowest BCUT2D eigenvalue weighted by Gasteiger charge is -2.07. The molecule has 0 aliphatic rings. The monoisotopic (exact) mass is 358 g/mol. The van der Waals surface area contributed by atoms with Crippen LogP contribution in [-0.4, -0.2) is 5.91 Å². The molecule has 0 unspecified atom stereocenters. The van der Waals surface area contributed by atoms with Gasteiger partial charge in [-0.05, 0) is 52.3 Å². The molecule has 0 aliphatic carbocycles. The molecule has 0 bridgehead atoms.